The number of para-hydroxylation sites is 1. The molecule has 2 rings (SSSR count). The summed E-state index contributed by atoms with van der Waals surface area (Å²) < 4.78 is 0. The lowest BCUT2D eigenvalue weighted by molar-refractivity contribution is -0.144. The topological polar surface area (TPSA) is 92.2 Å². The van der Waals surface area contributed by atoms with Gasteiger partial charge in [0.05, 0.1) is 11.1 Å². The molecule has 21 heavy (non-hydrogen) atoms. The van der Waals surface area contributed by atoms with Gasteiger partial charge in [0.2, 0.25) is 0 Å². The lowest BCUT2D eigenvalue weighted by Gasteiger charge is -2.28. The molecular formula is C15H17N3O3. The lowest BCUT2D eigenvalue weighted by atomic mass is 9.92. The molecule has 0 unspecified atom stereocenters. The average molecular weight is 287 g/mol. The summed E-state index contributed by atoms with van der Waals surface area (Å²) in [6.45, 7) is 3.47. The van der Waals surface area contributed by atoms with E-state index in [1.807, 2.05) is 0 Å². The van der Waals surface area contributed by atoms with Crippen LogP contribution in [0.1, 0.15) is 37.0 Å². The normalized spacial score (nSPS) is 11.3. The number of nitrogens with one attached hydrogen (secondary N) is 1. The Morgan fingerprint density at radius 3 is 2.48 bits per heavy atom. The summed E-state index contributed by atoms with van der Waals surface area (Å²) in [4.78, 5) is 32.2. The first-order valence-corrected chi connectivity index (χ1v) is 6.79. The maximum Gasteiger partial charge on any atom is 0.329 e. The molecule has 0 spiro atoms. The predicted octanol–water partition coefficient (Wildman–Crippen LogP) is 2.00. The number of fused-ring (bicyclic) bond motifs is 1. The molecule has 1 amide bonds. The van der Waals surface area contributed by atoms with E-state index in [0.717, 1.165) is 0 Å². The summed E-state index contributed by atoms with van der Waals surface area (Å²) in [6, 6.07) is 5.07. The van der Waals surface area contributed by atoms with Crippen molar-refractivity contribution >= 4 is 22.9 Å². The summed E-state index contributed by atoms with van der Waals surface area (Å²) >= 11 is 0. The third-order valence-corrected chi connectivity index (χ3v) is 3.71. The number of carboxylic acid groups (broad SMARTS) is 1. The highest BCUT2D eigenvalue weighted by atomic mass is 16.4. The Bertz CT molecular complexity index is 675. The van der Waals surface area contributed by atoms with E-state index in [9.17, 15) is 14.7 Å². The molecule has 0 atom stereocenters. The molecule has 0 saturated carbocycles. The average Bonchev–Trinajstić information content (AvgIpc) is 2.51. The Morgan fingerprint density at radius 2 is 1.86 bits per heavy atom. The van der Waals surface area contributed by atoms with Crippen molar-refractivity contribution in [3.8, 4) is 0 Å². The van der Waals surface area contributed by atoms with E-state index in [4.69, 9.17) is 0 Å². The van der Waals surface area contributed by atoms with Gasteiger partial charge in [0.15, 0.2) is 0 Å². The standard InChI is InChI=1S/C15H17N3O3/c1-3-15(4-2,14(20)21)18-13(19)10-6-5-7-11-12(10)17-9-8-16-11/h5-9H,3-4H2,1-2H3,(H,18,19)(H,20,21). The molecule has 0 aliphatic heterocycles. The van der Waals surface area contributed by atoms with Crippen LogP contribution in [-0.4, -0.2) is 32.5 Å². The SMILES string of the molecule is CCC(CC)(NC(=O)c1cccc2nccnc12)C(=O)O. The molecule has 1 aromatic carbocycles. The third kappa shape index (κ3) is 2.69. The van der Waals surface area contributed by atoms with Crippen LogP contribution in [0.5, 0.6) is 0 Å². The van der Waals surface area contributed by atoms with Gasteiger partial charge in [-0.1, -0.05) is 19.9 Å². The van der Waals surface area contributed by atoms with Crippen molar-refractivity contribution in [1.29, 1.82) is 0 Å². The molecule has 0 fully saturated rings. The fourth-order valence-corrected chi connectivity index (χ4v) is 2.24. The predicted molar refractivity (Wildman–Crippen MR) is 78.0 cm³/mol. The second kappa shape index (κ2) is 5.87. The number of aliphatic carboxylic acids is 1. The molecule has 2 N–H and O–H groups in total. The fourth-order valence-electron chi connectivity index (χ4n) is 2.24. The van der Waals surface area contributed by atoms with Crippen molar-refractivity contribution in [2.45, 2.75) is 32.2 Å². The number of aromatic nitrogens is 2. The summed E-state index contributed by atoms with van der Waals surface area (Å²) in [7, 11) is 0. The second-order valence-corrected chi connectivity index (χ2v) is 4.78. The first-order chi connectivity index (χ1) is 10.0. The molecule has 110 valence electrons. The van der Waals surface area contributed by atoms with Gasteiger partial charge < -0.3 is 10.4 Å². The lowest BCUT2D eigenvalue weighted by Crippen LogP contribution is -2.53. The Kier molecular flexibility index (Phi) is 4.16. The van der Waals surface area contributed by atoms with Gasteiger partial charge in [-0.15, -0.1) is 0 Å². The fraction of sp³-hybridized carbons (Fsp3) is 0.333. The highest BCUT2D eigenvalue weighted by Crippen LogP contribution is 2.19. The Morgan fingerprint density at radius 1 is 1.19 bits per heavy atom. The van der Waals surface area contributed by atoms with Gasteiger partial charge in [0.1, 0.15) is 11.1 Å². The Balaban J connectivity index is 2.41. The zero-order valence-corrected chi connectivity index (χ0v) is 12.0. The van der Waals surface area contributed by atoms with E-state index >= 15 is 0 Å². The van der Waals surface area contributed by atoms with Crippen molar-refractivity contribution in [1.82, 2.24) is 15.3 Å². The van der Waals surface area contributed by atoms with Crippen LogP contribution in [0.2, 0.25) is 0 Å². The van der Waals surface area contributed by atoms with Crippen molar-refractivity contribution in [2.75, 3.05) is 0 Å². The molecule has 1 heterocycles. The largest absolute Gasteiger partial charge is 0.480 e. The maximum atomic E-state index is 12.5. The molecule has 6 nitrogen and oxygen atoms in total. The van der Waals surface area contributed by atoms with E-state index in [1.165, 1.54) is 6.20 Å². The molecule has 0 saturated heterocycles. The summed E-state index contributed by atoms with van der Waals surface area (Å²) in [5, 5.41) is 12.0. The van der Waals surface area contributed by atoms with Crippen molar-refractivity contribution in [2.24, 2.45) is 0 Å². The number of hydrogen-bond donors (Lipinski definition) is 2. The van der Waals surface area contributed by atoms with Crippen LogP contribution < -0.4 is 5.32 Å². The molecule has 0 aliphatic carbocycles. The van der Waals surface area contributed by atoms with Crippen LogP contribution in [0.4, 0.5) is 0 Å². The monoisotopic (exact) mass is 287 g/mol. The minimum Gasteiger partial charge on any atom is -0.480 e. The van der Waals surface area contributed by atoms with Gasteiger partial charge in [-0.05, 0) is 25.0 Å². The molecule has 1 aromatic heterocycles. The number of rotatable bonds is 5. The summed E-state index contributed by atoms with van der Waals surface area (Å²) in [5.41, 5.74) is 0.123. The van der Waals surface area contributed by atoms with E-state index in [1.54, 1.807) is 38.2 Å². The van der Waals surface area contributed by atoms with Crippen LogP contribution in [0, 0.1) is 0 Å². The van der Waals surface area contributed by atoms with Gasteiger partial charge in [-0.3, -0.25) is 14.8 Å². The van der Waals surface area contributed by atoms with Crippen molar-refractivity contribution in [3.05, 3.63) is 36.2 Å². The Hall–Kier alpha value is -2.50. The van der Waals surface area contributed by atoms with Crippen LogP contribution in [0.3, 0.4) is 0 Å². The highest BCUT2D eigenvalue weighted by Gasteiger charge is 2.36. The smallest absolute Gasteiger partial charge is 0.329 e. The Labute approximate surface area is 122 Å². The van der Waals surface area contributed by atoms with Gasteiger partial charge in [0, 0.05) is 12.4 Å². The molecule has 0 bridgehead atoms. The number of amides is 1. The second-order valence-electron chi connectivity index (χ2n) is 4.78. The number of nitrogens with zero attached hydrogens (tertiary/aromatic N) is 2. The molecule has 0 aliphatic rings. The van der Waals surface area contributed by atoms with Crippen LogP contribution >= 0.6 is 0 Å². The van der Waals surface area contributed by atoms with E-state index in [2.05, 4.69) is 15.3 Å². The van der Waals surface area contributed by atoms with E-state index in [-0.39, 0.29) is 0 Å². The molecular weight excluding hydrogens is 270 g/mol. The number of benzene rings is 1. The number of carbonyl (C=O) groups is 2. The van der Waals surface area contributed by atoms with Gasteiger partial charge in [0.25, 0.3) is 5.91 Å². The zero-order valence-electron chi connectivity index (χ0n) is 12.0. The van der Waals surface area contributed by atoms with Gasteiger partial charge in [-0.2, -0.15) is 0 Å². The summed E-state index contributed by atoms with van der Waals surface area (Å²) in [5.74, 6) is -1.49. The maximum absolute atomic E-state index is 12.5. The van der Waals surface area contributed by atoms with Gasteiger partial charge >= 0.3 is 5.97 Å². The van der Waals surface area contributed by atoms with Crippen LogP contribution in [0.15, 0.2) is 30.6 Å². The van der Waals surface area contributed by atoms with Gasteiger partial charge in [-0.25, -0.2) is 4.79 Å². The number of carbonyl (C=O) groups excluding carboxylic acids is 1. The molecule has 0 radical (unpaired) electrons. The highest BCUT2D eigenvalue weighted by molar-refractivity contribution is 6.06. The first-order valence-electron chi connectivity index (χ1n) is 6.79. The van der Waals surface area contributed by atoms with Crippen molar-refractivity contribution < 1.29 is 14.7 Å². The van der Waals surface area contributed by atoms with Crippen LogP contribution in [0.25, 0.3) is 11.0 Å². The minimum absolute atomic E-state index is 0.307. The van der Waals surface area contributed by atoms with Crippen molar-refractivity contribution in [3.63, 3.8) is 0 Å². The van der Waals surface area contributed by atoms with E-state index in [0.29, 0.717) is 29.4 Å². The zero-order chi connectivity index (χ0) is 15.5. The third-order valence-electron chi connectivity index (χ3n) is 3.71. The molecule has 2 aromatic rings. The number of hydrogen-bond acceptors (Lipinski definition) is 4. The minimum atomic E-state index is -1.26. The van der Waals surface area contributed by atoms with Crippen LogP contribution in [-0.2, 0) is 4.79 Å². The summed E-state index contributed by atoms with van der Waals surface area (Å²) in [6.07, 6.45) is 3.66. The quantitative estimate of drug-likeness (QED) is 0.877. The molecule has 6 heteroatoms. The first kappa shape index (κ1) is 14.9. The number of carboxylic acids is 1. The van der Waals surface area contributed by atoms with E-state index < -0.39 is 17.4 Å².